The number of aromatic nitrogens is 1. The summed E-state index contributed by atoms with van der Waals surface area (Å²) < 4.78 is 2.40. The smallest absolute Gasteiger partial charge is 0.0754 e. The van der Waals surface area contributed by atoms with Crippen molar-refractivity contribution in [2.45, 2.75) is 37.6 Å². The molecule has 0 bridgehead atoms. The summed E-state index contributed by atoms with van der Waals surface area (Å²) in [5, 5.41) is 12.6. The van der Waals surface area contributed by atoms with E-state index in [1.807, 2.05) is 18.2 Å². The fourth-order valence-corrected chi connectivity index (χ4v) is 12.8. The quantitative estimate of drug-likeness (QED) is 0.172. The van der Waals surface area contributed by atoms with E-state index in [-0.39, 0.29) is 6.04 Å². The number of hydrogen-bond acceptors (Lipinski definition) is 3. The second kappa shape index (κ2) is 18.7. The molecule has 0 amide bonds. The number of aryl methyl sites for hydroxylation is 1. The third-order valence-electron chi connectivity index (χ3n) is 15.9. The van der Waals surface area contributed by atoms with Crippen LogP contribution in [0.2, 0.25) is 0 Å². The van der Waals surface area contributed by atoms with Gasteiger partial charge in [0, 0.05) is 45.9 Å². The Morgan fingerprint density at radius 3 is 2.07 bits per heavy atom. The highest BCUT2D eigenvalue weighted by Crippen LogP contribution is 2.66. The lowest BCUT2D eigenvalue weighted by molar-refractivity contribution is 0.721. The fraction of sp³-hybridized carbons (Fsp3) is 0.0986. The second-order valence-corrected chi connectivity index (χ2v) is 20.1. The zero-order chi connectivity index (χ0) is 50.6. The number of nitrogens with zero attached hydrogens (tertiary/aromatic N) is 3. The molecule has 75 heavy (non-hydrogen) atoms. The van der Waals surface area contributed by atoms with Crippen LogP contribution in [-0.4, -0.2) is 30.1 Å². The number of rotatable bonds is 5. The van der Waals surface area contributed by atoms with Crippen molar-refractivity contribution in [1.82, 2.24) is 4.57 Å². The minimum absolute atomic E-state index is 0.251. The third-order valence-corrected chi connectivity index (χ3v) is 15.9. The first-order chi connectivity index (χ1) is 37.0. The van der Waals surface area contributed by atoms with Crippen LogP contribution >= 0.6 is 0 Å². The Balaban J connectivity index is 0.000000493. The van der Waals surface area contributed by atoms with Crippen molar-refractivity contribution in [2.24, 2.45) is 4.99 Å². The SMILES string of the molecule is C=NC.Cc1ccccc1.N=C(c1ccc(C2=CCCC=C2)cc1)c1cccc2c1-c1cc(-c3ccc4c5ccccc5n(-c5ccccc5)c4c3)ccc1C21c2ccccc2N2c3c(cccc31)C1=CC=CCC12. The van der Waals surface area contributed by atoms with Gasteiger partial charge < -0.3 is 14.5 Å². The van der Waals surface area contributed by atoms with Crippen molar-refractivity contribution in [3.8, 4) is 27.9 Å². The molecule has 3 heterocycles. The molecule has 360 valence electrons. The van der Waals surface area contributed by atoms with Crippen molar-refractivity contribution >= 4 is 56.8 Å². The summed E-state index contributed by atoms with van der Waals surface area (Å²) in [6.45, 7) is 5.19. The first-order valence-corrected chi connectivity index (χ1v) is 26.2. The molecule has 2 aliphatic heterocycles. The van der Waals surface area contributed by atoms with Crippen LogP contribution in [0.3, 0.4) is 0 Å². The van der Waals surface area contributed by atoms with Crippen LogP contribution < -0.4 is 4.90 Å². The van der Waals surface area contributed by atoms with E-state index in [1.165, 1.54) is 88.8 Å². The van der Waals surface area contributed by atoms with Crippen LogP contribution in [0.15, 0.2) is 248 Å². The van der Waals surface area contributed by atoms with Crippen molar-refractivity contribution in [1.29, 1.82) is 5.41 Å². The molecule has 3 aliphatic carbocycles. The van der Waals surface area contributed by atoms with Gasteiger partial charge in [-0.25, -0.2) is 0 Å². The number of fused-ring (bicyclic) bond motifs is 15. The molecular weight excluding hydrogens is 909 g/mol. The van der Waals surface area contributed by atoms with Gasteiger partial charge in [-0.05, 0) is 131 Å². The van der Waals surface area contributed by atoms with Gasteiger partial charge in [0.05, 0.1) is 33.9 Å². The van der Waals surface area contributed by atoms with E-state index >= 15 is 0 Å². The summed E-state index contributed by atoms with van der Waals surface area (Å²) in [6, 6.07) is 75.7. The average molecular weight is 965 g/mol. The van der Waals surface area contributed by atoms with Gasteiger partial charge in [-0.3, -0.25) is 5.41 Å². The normalized spacial score (nSPS) is 16.8. The molecule has 4 nitrogen and oxygen atoms in total. The van der Waals surface area contributed by atoms with E-state index in [9.17, 15) is 5.41 Å². The van der Waals surface area contributed by atoms with Crippen molar-refractivity contribution in [2.75, 3.05) is 11.9 Å². The minimum Gasteiger partial charge on any atom is -0.332 e. The lowest BCUT2D eigenvalue weighted by Gasteiger charge is -2.45. The van der Waals surface area contributed by atoms with E-state index in [0.717, 1.165) is 52.8 Å². The summed E-state index contributed by atoms with van der Waals surface area (Å²) in [5.74, 6) is 0. The van der Waals surface area contributed by atoms with Crippen LogP contribution in [0.5, 0.6) is 0 Å². The maximum Gasteiger partial charge on any atom is 0.0754 e. The highest BCUT2D eigenvalue weighted by Gasteiger charge is 2.55. The minimum atomic E-state index is -0.604. The van der Waals surface area contributed by atoms with E-state index in [4.69, 9.17) is 0 Å². The van der Waals surface area contributed by atoms with E-state index in [2.05, 4.69) is 253 Å². The zero-order valence-electron chi connectivity index (χ0n) is 42.3. The third kappa shape index (κ3) is 7.27. The van der Waals surface area contributed by atoms with Gasteiger partial charge in [0.1, 0.15) is 0 Å². The van der Waals surface area contributed by atoms with Crippen molar-refractivity contribution in [3.05, 3.63) is 293 Å². The zero-order valence-corrected chi connectivity index (χ0v) is 42.3. The van der Waals surface area contributed by atoms with Crippen molar-refractivity contribution in [3.63, 3.8) is 0 Å². The molecule has 5 aliphatic rings. The largest absolute Gasteiger partial charge is 0.332 e. The van der Waals surface area contributed by atoms with E-state index in [1.54, 1.807) is 7.05 Å². The first kappa shape index (κ1) is 45.7. The summed E-state index contributed by atoms with van der Waals surface area (Å²) in [6.07, 6.45) is 16.8. The molecule has 0 fully saturated rings. The summed E-state index contributed by atoms with van der Waals surface area (Å²) in [4.78, 5) is 5.89. The Morgan fingerprint density at radius 1 is 0.600 bits per heavy atom. The van der Waals surface area contributed by atoms with Gasteiger partial charge in [0.2, 0.25) is 0 Å². The van der Waals surface area contributed by atoms with Crippen LogP contribution in [0.4, 0.5) is 11.4 Å². The molecule has 15 rings (SSSR count). The van der Waals surface area contributed by atoms with Gasteiger partial charge in [-0.15, -0.1) is 0 Å². The Labute approximate surface area is 439 Å². The van der Waals surface area contributed by atoms with Crippen LogP contribution in [-0.2, 0) is 5.41 Å². The van der Waals surface area contributed by atoms with Gasteiger partial charge in [0.25, 0.3) is 0 Å². The van der Waals surface area contributed by atoms with Crippen LogP contribution in [0.25, 0.3) is 60.9 Å². The first-order valence-electron chi connectivity index (χ1n) is 26.2. The number of nitrogens with one attached hydrogen (secondary N) is 1. The van der Waals surface area contributed by atoms with Crippen molar-refractivity contribution < 1.29 is 0 Å². The Morgan fingerprint density at radius 2 is 1.28 bits per heavy atom. The number of anilines is 2. The highest BCUT2D eigenvalue weighted by atomic mass is 15.2. The maximum absolute atomic E-state index is 10.1. The molecule has 1 aromatic heterocycles. The summed E-state index contributed by atoms with van der Waals surface area (Å²) in [7, 11) is 1.64. The van der Waals surface area contributed by atoms with E-state index < -0.39 is 5.41 Å². The molecule has 2 atom stereocenters. The molecule has 0 saturated heterocycles. The second-order valence-electron chi connectivity index (χ2n) is 20.1. The predicted molar refractivity (Wildman–Crippen MR) is 317 cm³/mol. The number of para-hydroxylation sites is 4. The Kier molecular flexibility index (Phi) is 11.4. The number of aliphatic imine (C=N–C) groups is 1. The van der Waals surface area contributed by atoms with Crippen LogP contribution in [0.1, 0.15) is 69.3 Å². The molecule has 4 heteroatoms. The maximum atomic E-state index is 10.1. The average Bonchev–Trinajstić information content (AvgIpc) is 4.32. The molecule has 0 radical (unpaired) electrons. The summed E-state index contributed by atoms with van der Waals surface area (Å²) >= 11 is 0. The molecule has 9 aromatic carbocycles. The van der Waals surface area contributed by atoms with Gasteiger partial charge in [-0.2, -0.15) is 0 Å². The number of hydrogen-bond donors (Lipinski definition) is 1. The molecule has 0 saturated carbocycles. The molecular formula is C71H56N4. The fourth-order valence-electron chi connectivity index (χ4n) is 12.8. The van der Waals surface area contributed by atoms with E-state index in [0.29, 0.717) is 5.71 Å². The lowest BCUT2D eigenvalue weighted by atomic mass is 9.64. The van der Waals surface area contributed by atoms with Gasteiger partial charge in [-0.1, -0.05) is 212 Å². The number of allylic oxidation sites excluding steroid dienone is 6. The Hall–Kier alpha value is -9.12. The number of benzene rings is 9. The van der Waals surface area contributed by atoms with Gasteiger partial charge in [0.15, 0.2) is 0 Å². The topological polar surface area (TPSA) is 44.4 Å². The molecule has 10 aromatic rings. The predicted octanol–water partition coefficient (Wildman–Crippen LogP) is 17.5. The monoisotopic (exact) mass is 964 g/mol. The standard InChI is InChI=1S/C62H43N3.C7H8.C2H5N/c63-60(41-31-29-40(30-32-41)39-15-3-1-4-16-39)49-22-14-24-53-59(49)50-37-42(43-33-35-47-45-19-7-10-26-55(45)64(58(47)38-43)44-17-5-2-6-18-44)34-36-51(50)62(53)52-23-9-12-28-57(52)65-56-27-11-8-20-46(56)48-21-13-25-54(62)61(48)65;1-7-5-3-2-4-6-7;1-3-2/h2-3,5-26,28-38,56,63H,1,4,27H2;2-6H,1H3;1H2,2H3. The summed E-state index contributed by atoms with van der Waals surface area (Å²) in [5.41, 5.74) is 24.2. The lowest BCUT2D eigenvalue weighted by Crippen LogP contribution is -2.39. The highest BCUT2D eigenvalue weighted by molar-refractivity contribution is 6.17. The Bertz CT molecular complexity index is 4040. The van der Waals surface area contributed by atoms with Crippen LogP contribution in [0, 0.1) is 12.3 Å². The van der Waals surface area contributed by atoms with Gasteiger partial charge >= 0.3 is 0 Å². The molecule has 1 spiro atoms. The molecule has 1 N–H and O–H groups in total. The molecule has 2 unspecified atom stereocenters.